The van der Waals surface area contributed by atoms with Crippen molar-refractivity contribution in [3.05, 3.63) is 38.4 Å². The summed E-state index contributed by atoms with van der Waals surface area (Å²) < 4.78 is 8.00. The SMILES string of the molecule is CCCCCCc1nc(SCc2nc(CC)no2)c2c(=O)n(C)c(=O)n(CCC)c2n1. The summed E-state index contributed by atoms with van der Waals surface area (Å²) in [7, 11) is 1.49. The van der Waals surface area contributed by atoms with Gasteiger partial charge in [-0.1, -0.05) is 57.0 Å². The number of fused-ring (bicyclic) bond motifs is 1. The van der Waals surface area contributed by atoms with Crippen LogP contribution in [0, 0.1) is 0 Å². The van der Waals surface area contributed by atoms with Gasteiger partial charge in [-0.05, 0) is 12.8 Å². The lowest BCUT2D eigenvalue weighted by molar-refractivity contribution is 0.385. The Morgan fingerprint density at radius 2 is 1.77 bits per heavy atom. The molecule has 0 aliphatic rings. The number of aromatic nitrogens is 6. The third-order valence-electron chi connectivity index (χ3n) is 5.05. The van der Waals surface area contributed by atoms with Crippen LogP contribution >= 0.6 is 11.8 Å². The van der Waals surface area contributed by atoms with Gasteiger partial charge in [0.05, 0.1) is 5.75 Å². The monoisotopic (exact) mass is 446 g/mol. The first-order valence-corrected chi connectivity index (χ1v) is 11.9. The van der Waals surface area contributed by atoms with Crippen molar-refractivity contribution in [2.75, 3.05) is 0 Å². The Kier molecular flexibility index (Phi) is 8.00. The largest absolute Gasteiger partial charge is 0.338 e. The Morgan fingerprint density at radius 1 is 0.968 bits per heavy atom. The molecule has 0 aliphatic heterocycles. The molecule has 0 fully saturated rings. The van der Waals surface area contributed by atoms with Gasteiger partial charge in [0.2, 0.25) is 5.89 Å². The molecule has 9 nitrogen and oxygen atoms in total. The highest BCUT2D eigenvalue weighted by atomic mass is 32.2. The predicted molar refractivity (Wildman–Crippen MR) is 120 cm³/mol. The normalized spacial score (nSPS) is 11.5. The Hall–Kier alpha value is -2.49. The molecule has 0 N–H and O–H groups in total. The van der Waals surface area contributed by atoms with Gasteiger partial charge >= 0.3 is 5.69 Å². The zero-order chi connectivity index (χ0) is 22.4. The van der Waals surface area contributed by atoms with Gasteiger partial charge in [0.25, 0.3) is 5.56 Å². The first-order valence-electron chi connectivity index (χ1n) is 10.9. The highest BCUT2D eigenvalue weighted by Crippen LogP contribution is 2.26. The molecule has 3 heterocycles. The number of hydrogen-bond donors (Lipinski definition) is 0. The van der Waals surface area contributed by atoms with Gasteiger partial charge < -0.3 is 4.52 Å². The minimum atomic E-state index is -0.382. The summed E-state index contributed by atoms with van der Waals surface area (Å²) in [6, 6.07) is 0. The molecule has 0 unspecified atom stereocenters. The quantitative estimate of drug-likeness (QED) is 0.251. The minimum Gasteiger partial charge on any atom is -0.338 e. The van der Waals surface area contributed by atoms with Gasteiger partial charge in [-0.3, -0.25) is 13.9 Å². The van der Waals surface area contributed by atoms with E-state index in [4.69, 9.17) is 9.51 Å². The number of aryl methyl sites for hydroxylation is 3. The molecule has 168 valence electrons. The van der Waals surface area contributed by atoms with Crippen LogP contribution in [-0.4, -0.2) is 29.2 Å². The average Bonchev–Trinajstić information content (AvgIpc) is 3.24. The molecular weight excluding hydrogens is 416 g/mol. The maximum Gasteiger partial charge on any atom is 0.332 e. The Balaban J connectivity index is 2.07. The van der Waals surface area contributed by atoms with E-state index in [2.05, 4.69) is 22.0 Å². The van der Waals surface area contributed by atoms with Crippen molar-refractivity contribution in [2.45, 2.75) is 83.0 Å². The molecule has 10 heteroatoms. The highest BCUT2D eigenvalue weighted by molar-refractivity contribution is 7.98. The molecule has 0 saturated carbocycles. The van der Waals surface area contributed by atoms with Crippen molar-refractivity contribution >= 4 is 22.8 Å². The highest BCUT2D eigenvalue weighted by Gasteiger charge is 2.19. The van der Waals surface area contributed by atoms with Gasteiger partial charge in [-0.2, -0.15) is 4.98 Å². The molecule has 0 radical (unpaired) electrons. The summed E-state index contributed by atoms with van der Waals surface area (Å²) in [6.45, 7) is 6.61. The molecule has 0 aliphatic carbocycles. The van der Waals surface area contributed by atoms with Crippen LogP contribution in [0.4, 0.5) is 0 Å². The first-order chi connectivity index (χ1) is 15.0. The maximum atomic E-state index is 13.0. The molecule has 31 heavy (non-hydrogen) atoms. The summed E-state index contributed by atoms with van der Waals surface area (Å²) in [5.74, 6) is 2.18. The zero-order valence-corrected chi connectivity index (χ0v) is 19.5. The fourth-order valence-corrected chi connectivity index (χ4v) is 4.22. The summed E-state index contributed by atoms with van der Waals surface area (Å²) in [5.41, 5.74) is -0.319. The van der Waals surface area contributed by atoms with E-state index in [9.17, 15) is 9.59 Å². The maximum absolute atomic E-state index is 13.0. The van der Waals surface area contributed by atoms with E-state index in [1.807, 2.05) is 13.8 Å². The summed E-state index contributed by atoms with van der Waals surface area (Å²) >= 11 is 1.36. The Labute approximate surface area is 185 Å². The summed E-state index contributed by atoms with van der Waals surface area (Å²) in [6.07, 6.45) is 6.53. The predicted octanol–water partition coefficient (Wildman–Crippen LogP) is 3.26. The van der Waals surface area contributed by atoms with E-state index in [0.29, 0.717) is 58.7 Å². The molecule has 3 aromatic heterocycles. The van der Waals surface area contributed by atoms with Crippen molar-refractivity contribution < 1.29 is 4.52 Å². The zero-order valence-electron chi connectivity index (χ0n) is 18.7. The van der Waals surface area contributed by atoms with E-state index >= 15 is 0 Å². The third kappa shape index (κ3) is 5.23. The van der Waals surface area contributed by atoms with Crippen LogP contribution in [0.1, 0.15) is 70.4 Å². The van der Waals surface area contributed by atoms with E-state index in [0.717, 1.165) is 36.7 Å². The number of hydrogen-bond acceptors (Lipinski definition) is 8. The second-order valence-electron chi connectivity index (χ2n) is 7.50. The molecule has 3 rings (SSSR count). The van der Waals surface area contributed by atoms with Crippen molar-refractivity contribution in [3.63, 3.8) is 0 Å². The fraction of sp³-hybridized carbons (Fsp3) is 0.619. The molecule has 0 aromatic carbocycles. The van der Waals surface area contributed by atoms with Crippen LogP contribution in [0.15, 0.2) is 19.1 Å². The van der Waals surface area contributed by atoms with Crippen LogP contribution < -0.4 is 11.2 Å². The Morgan fingerprint density at radius 3 is 2.45 bits per heavy atom. The van der Waals surface area contributed by atoms with E-state index in [-0.39, 0.29) is 11.2 Å². The van der Waals surface area contributed by atoms with E-state index < -0.39 is 0 Å². The van der Waals surface area contributed by atoms with Gasteiger partial charge in [-0.25, -0.2) is 14.8 Å². The molecule has 0 saturated heterocycles. The summed E-state index contributed by atoms with van der Waals surface area (Å²) in [5, 5.41) is 4.84. The fourth-order valence-electron chi connectivity index (χ4n) is 3.35. The molecule has 0 spiro atoms. The van der Waals surface area contributed by atoms with Crippen LogP contribution in [-0.2, 0) is 32.2 Å². The van der Waals surface area contributed by atoms with Crippen LogP contribution in [0.2, 0.25) is 0 Å². The average molecular weight is 447 g/mol. The van der Waals surface area contributed by atoms with Crippen LogP contribution in [0.25, 0.3) is 11.0 Å². The molecule has 0 amide bonds. The second kappa shape index (κ2) is 10.7. The second-order valence-corrected chi connectivity index (χ2v) is 8.46. The van der Waals surface area contributed by atoms with Crippen molar-refractivity contribution in [3.8, 4) is 0 Å². The van der Waals surface area contributed by atoms with E-state index in [1.54, 1.807) is 4.57 Å². The number of thioether (sulfide) groups is 1. The number of nitrogens with zero attached hydrogens (tertiary/aromatic N) is 6. The summed E-state index contributed by atoms with van der Waals surface area (Å²) in [4.78, 5) is 39.5. The van der Waals surface area contributed by atoms with Crippen molar-refractivity contribution in [1.82, 2.24) is 29.2 Å². The van der Waals surface area contributed by atoms with Gasteiger partial charge in [0, 0.05) is 26.4 Å². The lowest BCUT2D eigenvalue weighted by Gasteiger charge is -2.13. The molecule has 3 aromatic rings. The standard InChI is InChI=1S/C21H30N6O3S/c1-5-8-9-10-11-15-23-18-17(20(28)26(4)21(29)27(18)12-6-2)19(24-15)31-13-16-22-14(7-3)25-30-16/h5-13H2,1-4H3. The minimum absolute atomic E-state index is 0.351. The lowest BCUT2D eigenvalue weighted by atomic mass is 10.1. The lowest BCUT2D eigenvalue weighted by Crippen LogP contribution is -2.39. The smallest absolute Gasteiger partial charge is 0.332 e. The van der Waals surface area contributed by atoms with Crippen LogP contribution in [0.3, 0.4) is 0 Å². The van der Waals surface area contributed by atoms with Gasteiger partial charge in [0.1, 0.15) is 16.2 Å². The van der Waals surface area contributed by atoms with E-state index in [1.165, 1.54) is 18.8 Å². The number of rotatable bonds is 11. The van der Waals surface area contributed by atoms with Crippen molar-refractivity contribution in [1.29, 1.82) is 0 Å². The molecule has 0 bridgehead atoms. The molecule has 0 atom stereocenters. The first kappa shape index (κ1) is 23.2. The van der Waals surface area contributed by atoms with Crippen LogP contribution in [0.5, 0.6) is 0 Å². The van der Waals surface area contributed by atoms with Gasteiger partial charge in [0.15, 0.2) is 11.5 Å². The topological polar surface area (TPSA) is 109 Å². The third-order valence-corrected chi connectivity index (χ3v) is 6.02. The molecular formula is C21H30N6O3S. The van der Waals surface area contributed by atoms with Gasteiger partial charge in [-0.15, -0.1) is 0 Å². The Bertz CT molecular complexity index is 1150. The number of unbranched alkanes of at least 4 members (excludes halogenated alkanes) is 3. The van der Waals surface area contributed by atoms with Crippen molar-refractivity contribution in [2.24, 2.45) is 7.05 Å².